The Kier molecular flexibility index (Phi) is 53.2. The molecule has 0 aromatic heterocycles. The first-order valence-corrected chi connectivity index (χ1v) is 44.0. The van der Waals surface area contributed by atoms with Crippen molar-refractivity contribution in [3.8, 4) is 0 Å². The van der Waals surface area contributed by atoms with Gasteiger partial charge in [0.15, 0.2) is 0 Å². The van der Waals surface area contributed by atoms with Gasteiger partial charge in [-0.25, -0.2) is 4.79 Å². The SMILES string of the molecule is CC(=N)N1CCN(C(C)C)CC1.CC(=O)C1CCN(C(C)C)CC1.CC(=O)CN1CCN(C(C)C)CC1.CC(=O)CN1CCN(C(C)C)CC1.CC(=O)N1CCC(C(C)C)CC1.CC(=O)N1CCN(C(C)C)CC1.CC(=O)N1CCN(C(C)C)CC1.CC(C)N1C[C@H](C)C[C@H]1C(=O)O.CC(C)NC(=O)N1CCN(C(C)C)CC1. The van der Waals surface area contributed by atoms with Crippen molar-refractivity contribution in [2.45, 2.75) is 286 Å². The minimum Gasteiger partial charge on any atom is -0.480 e. The maximum atomic E-state index is 11.7. The normalized spacial score (nSPS) is 21.5. The predicted molar refractivity (Wildman–Crippen MR) is 466 cm³/mol. The van der Waals surface area contributed by atoms with Crippen LogP contribution in [0.25, 0.3) is 0 Å². The zero-order chi connectivity index (χ0) is 86.1. The van der Waals surface area contributed by atoms with Crippen molar-refractivity contribution >= 4 is 52.9 Å². The van der Waals surface area contributed by atoms with Gasteiger partial charge in [0.2, 0.25) is 17.7 Å². The molecule has 9 aliphatic rings. The van der Waals surface area contributed by atoms with Crippen LogP contribution < -0.4 is 5.32 Å². The van der Waals surface area contributed by atoms with E-state index < -0.39 is 5.97 Å². The first kappa shape index (κ1) is 106. The lowest BCUT2D eigenvalue weighted by Crippen LogP contribution is -2.54. The van der Waals surface area contributed by atoms with Gasteiger partial charge in [0.05, 0.1) is 18.9 Å². The minimum absolute atomic E-state index is 0.0772. The molecule has 9 saturated heterocycles. The molecular formula is C87H173N17O9. The average Bonchev–Trinajstić information content (AvgIpc) is 1.65. The van der Waals surface area contributed by atoms with Gasteiger partial charge in [-0.2, -0.15) is 0 Å². The zero-order valence-electron chi connectivity index (χ0n) is 77.5. The van der Waals surface area contributed by atoms with Crippen LogP contribution in [0.4, 0.5) is 4.79 Å². The second-order valence-corrected chi connectivity index (χ2v) is 36.0. The number of rotatable bonds is 16. The summed E-state index contributed by atoms with van der Waals surface area (Å²) < 4.78 is 0. The van der Waals surface area contributed by atoms with E-state index in [-0.39, 0.29) is 47.4 Å². The Balaban J connectivity index is 0.000000636. The van der Waals surface area contributed by atoms with Gasteiger partial charge in [-0.05, 0) is 215 Å². The molecule has 0 saturated carbocycles. The van der Waals surface area contributed by atoms with E-state index in [1.165, 1.54) is 12.8 Å². The molecule has 3 N–H and O–H groups in total. The smallest absolute Gasteiger partial charge is 0.320 e. The van der Waals surface area contributed by atoms with Crippen molar-refractivity contribution in [3.63, 3.8) is 0 Å². The topological polar surface area (TPSA) is 241 Å². The van der Waals surface area contributed by atoms with Crippen molar-refractivity contribution in [1.29, 1.82) is 5.41 Å². The quantitative estimate of drug-likeness (QED) is 0.0963. The van der Waals surface area contributed by atoms with Gasteiger partial charge >= 0.3 is 12.0 Å². The lowest BCUT2D eigenvalue weighted by molar-refractivity contribution is -0.143. The lowest BCUT2D eigenvalue weighted by atomic mass is 9.87. The molecule has 9 heterocycles. The van der Waals surface area contributed by atoms with Crippen molar-refractivity contribution in [2.75, 3.05) is 203 Å². The summed E-state index contributed by atoms with van der Waals surface area (Å²) in [6, 6.07) is 4.76. The second-order valence-electron chi connectivity index (χ2n) is 36.0. The molecular weight excluding hydrogens is 1430 g/mol. The largest absolute Gasteiger partial charge is 0.480 e. The number of hydrogen-bond donors (Lipinski definition) is 3. The van der Waals surface area contributed by atoms with Crippen LogP contribution in [0, 0.1) is 29.1 Å². The van der Waals surface area contributed by atoms with Crippen LogP contribution in [0.5, 0.6) is 0 Å². The van der Waals surface area contributed by atoms with E-state index >= 15 is 0 Å². The molecule has 0 bridgehead atoms. The first-order valence-electron chi connectivity index (χ1n) is 44.0. The van der Waals surface area contributed by atoms with E-state index in [1.807, 2.05) is 54.2 Å². The number of amidine groups is 1. The van der Waals surface area contributed by atoms with E-state index in [0.717, 1.165) is 221 Å². The molecule has 113 heavy (non-hydrogen) atoms. The molecule has 26 heteroatoms. The highest BCUT2D eigenvalue weighted by Crippen LogP contribution is 2.26. The molecule has 0 aliphatic carbocycles. The van der Waals surface area contributed by atoms with E-state index in [9.17, 15) is 38.4 Å². The van der Waals surface area contributed by atoms with Gasteiger partial charge in [-0.3, -0.25) is 83.1 Å². The summed E-state index contributed by atoms with van der Waals surface area (Å²) in [5, 5.41) is 19.3. The molecule has 0 spiro atoms. The van der Waals surface area contributed by atoms with Crippen molar-refractivity contribution < 1.29 is 43.5 Å². The Hall–Kier alpha value is -4.77. The lowest BCUT2D eigenvalue weighted by Gasteiger charge is -2.37. The van der Waals surface area contributed by atoms with Crippen molar-refractivity contribution in [2.24, 2.45) is 23.7 Å². The number of carboxylic acids is 1. The van der Waals surface area contributed by atoms with Gasteiger partial charge in [0, 0.05) is 258 Å². The summed E-state index contributed by atoms with van der Waals surface area (Å²) in [6.45, 7) is 88.1. The Labute approximate surface area is 690 Å². The van der Waals surface area contributed by atoms with Crippen LogP contribution in [0.2, 0.25) is 0 Å². The van der Waals surface area contributed by atoms with Gasteiger partial charge < -0.3 is 39.8 Å². The fraction of sp³-hybridized carbons (Fsp3) is 0.897. The number of carboxylic acid groups (broad SMARTS) is 1. The standard InChI is InChI=1S/C11H23N3O.2C10H20N2O.2C10H19NO.C9H19N3.2C9H18N2O.C9H17NO2/c1-9(2)12-11(15)14-7-5-13(6-8-14)10(3)4;2*1-9(2)12-6-4-11(5-7-12)8-10(3)13;1-8(2)11-6-4-10(5-7-11)9(3)12;1-8(2)10-4-6-11(7-5-10)9(3)12;1-8(2)11-4-6-12(7-5-11)9(3)10;2*1-8(2)10-4-6-11(7-5-10)9(3)12;1-6(2)10-5-7(3)4-8(10)9(11)12/h9-10H,5-8H2,1-4H3,(H,12,15);2*9H,4-8H2,1-3H3;3*8,10H,4-7H2,1-3H3;2*8H,4-7H2,1-3H3;6-8H,4-5H2,1-3H3,(H,11,12)/t;;;;;;;;7-,8+/m........1/s1. The Bertz CT molecular complexity index is 2390. The highest BCUT2D eigenvalue weighted by atomic mass is 16.4. The molecule has 2 atom stereocenters. The van der Waals surface area contributed by atoms with Crippen molar-refractivity contribution in [3.05, 3.63) is 0 Å². The van der Waals surface area contributed by atoms with E-state index in [2.05, 4.69) is 177 Å². The van der Waals surface area contributed by atoms with E-state index in [0.29, 0.717) is 84.9 Å². The number of urea groups is 1. The minimum atomic E-state index is -0.673. The van der Waals surface area contributed by atoms with Crippen LogP contribution in [0.15, 0.2) is 0 Å². The number of nitrogens with one attached hydrogen (secondary N) is 2. The van der Waals surface area contributed by atoms with Gasteiger partial charge in [-0.15, -0.1) is 0 Å². The maximum Gasteiger partial charge on any atom is 0.320 e. The van der Waals surface area contributed by atoms with Crippen LogP contribution in [-0.2, 0) is 33.6 Å². The number of nitrogens with zero attached hydrogens (tertiary/aromatic N) is 15. The number of ketones is 3. The molecule has 0 radical (unpaired) electrons. The molecule has 26 nitrogen and oxygen atoms in total. The van der Waals surface area contributed by atoms with E-state index in [4.69, 9.17) is 10.5 Å². The van der Waals surface area contributed by atoms with Gasteiger partial charge in [0.25, 0.3) is 0 Å². The fourth-order valence-electron chi connectivity index (χ4n) is 15.6. The third-order valence-electron chi connectivity index (χ3n) is 23.7. The summed E-state index contributed by atoms with van der Waals surface area (Å²) in [5.74, 6) is 4.09. The third-order valence-corrected chi connectivity index (χ3v) is 23.7. The Morgan fingerprint density at radius 1 is 0.354 bits per heavy atom. The van der Waals surface area contributed by atoms with Gasteiger partial charge in [0.1, 0.15) is 23.4 Å². The number of piperidine rings is 2. The molecule has 660 valence electrons. The number of carbonyl (C=O) groups is 8. The number of aliphatic carboxylic acids is 1. The molecule has 9 rings (SSSR count). The number of piperazine rings is 6. The maximum absolute atomic E-state index is 11.7. The van der Waals surface area contributed by atoms with Crippen LogP contribution >= 0.6 is 0 Å². The Morgan fingerprint density at radius 3 is 0.858 bits per heavy atom. The highest BCUT2D eigenvalue weighted by Gasteiger charge is 2.36. The number of amides is 5. The first-order chi connectivity index (χ1) is 52.8. The van der Waals surface area contributed by atoms with Crippen LogP contribution in [0.3, 0.4) is 0 Å². The average molecular weight is 1600 g/mol. The van der Waals surface area contributed by atoms with Crippen LogP contribution in [0.1, 0.15) is 226 Å². The molecule has 0 aromatic carbocycles. The molecule has 0 unspecified atom stereocenters. The highest BCUT2D eigenvalue weighted by molar-refractivity contribution is 5.79. The molecule has 9 aliphatic heterocycles. The number of Topliss-reactive ketones (excluding diaryl/α,β-unsaturated/α-hetero) is 3. The second kappa shape index (κ2) is 56.6. The van der Waals surface area contributed by atoms with Crippen molar-refractivity contribution in [1.82, 2.24) is 78.8 Å². The zero-order valence-corrected chi connectivity index (χ0v) is 77.5. The molecule has 9 fully saturated rings. The van der Waals surface area contributed by atoms with E-state index in [1.54, 1.807) is 41.5 Å². The van der Waals surface area contributed by atoms with Gasteiger partial charge in [-0.1, -0.05) is 20.8 Å². The fourth-order valence-corrected chi connectivity index (χ4v) is 15.6. The number of likely N-dealkylation sites (tertiary alicyclic amines) is 3. The number of carbonyl (C=O) groups excluding carboxylic acids is 7. The Morgan fingerprint density at radius 2 is 0.628 bits per heavy atom. The summed E-state index contributed by atoms with van der Waals surface area (Å²) >= 11 is 0. The predicted octanol–water partition coefficient (Wildman–Crippen LogP) is 9.25. The summed E-state index contributed by atoms with van der Waals surface area (Å²) in [7, 11) is 0. The summed E-state index contributed by atoms with van der Waals surface area (Å²) in [5.41, 5.74) is 0. The monoisotopic (exact) mass is 1600 g/mol. The number of hydrogen-bond acceptors (Lipinski definition) is 19. The molecule has 0 aromatic rings. The third kappa shape index (κ3) is 44.6. The summed E-state index contributed by atoms with van der Waals surface area (Å²) in [4.78, 5) is 122. The van der Waals surface area contributed by atoms with Crippen LogP contribution in [-0.4, -0.2) is 395 Å². The molecule has 5 amide bonds. The summed E-state index contributed by atoms with van der Waals surface area (Å²) in [6.07, 6.45) is 5.31.